The summed E-state index contributed by atoms with van der Waals surface area (Å²) in [5.74, 6) is 0.562. The van der Waals surface area contributed by atoms with E-state index in [1.165, 1.54) is 22.0 Å². The molecule has 1 aromatic carbocycles. The quantitative estimate of drug-likeness (QED) is 0.690. The fourth-order valence-corrected chi connectivity index (χ4v) is 2.14. The van der Waals surface area contributed by atoms with E-state index >= 15 is 0 Å². The predicted octanol–water partition coefficient (Wildman–Crippen LogP) is 4.66. The third-order valence-electron chi connectivity index (χ3n) is 3.17. The van der Waals surface area contributed by atoms with Crippen LogP contribution in [-0.4, -0.2) is 4.98 Å². The molecule has 0 radical (unpaired) electrons. The number of aromatic nitrogens is 1. The maximum absolute atomic E-state index is 4.58. The van der Waals surface area contributed by atoms with Crippen LogP contribution in [0.15, 0.2) is 30.5 Å². The molecule has 0 aliphatic rings. The van der Waals surface area contributed by atoms with Gasteiger partial charge in [-0.2, -0.15) is 0 Å². The van der Waals surface area contributed by atoms with Crippen LogP contribution in [-0.2, 0) is 5.41 Å². The number of benzene rings is 1. The number of rotatable bonds is 1. The van der Waals surface area contributed by atoms with Gasteiger partial charge in [0.05, 0.1) is 5.69 Å². The van der Waals surface area contributed by atoms with Gasteiger partial charge >= 0.3 is 0 Å². The molecule has 0 aliphatic heterocycles. The first-order chi connectivity index (χ1) is 7.89. The third kappa shape index (κ3) is 2.33. The summed E-state index contributed by atoms with van der Waals surface area (Å²) in [7, 11) is 0. The topological polar surface area (TPSA) is 12.9 Å². The molecule has 0 saturated carbocycles. The van der Waals surface area contributed by atoms with Crippen LogP contribution < -0.4 is 0 Å². The van der Waals surface area contributed by atoms with E-state index in [4.69, 9.17) is 0 Å². The van der Waals surface area contributed by atoms with E-state index in [9.17, 15) is 0 Å². The van der Waals surface area contributed by atoms with Crippen LogP contribution in [0, 0.1) is 0 Å². The van der Waals surface area contributed by atoms with Gasteiger partial charge in [-0.1, -0.05) is 46.8 Å². The molecule has 1 heterocycles. The van der Waals surface area contributed by atoms with Crippen molar-refractivity contribution in [3.8, 4) is 0 Å². The molecule has 0 aliphatic carbocycles. The van der Waals surface area contributed by atoms with Crippen molar-refractivity contribution in [1.82, 2.24) is 4.98 Å². The van der Waals surface area contributed by atoms with E-state index in [0.29, 0.717) is 5.92 Å². The Bertz CT molecular complexity index is 533. The molecule has 0 atom stereocenters. The highest BCUT2D eigenvalue weighted by atomic mass is 14.7. The fourth-order valence-electron chi connectivity index (χ4n) is 2.14. The van der Waals surface area contributed by atoms with Crippen molar-refractivity contribution in [2.75, 3.05) is 0 Å². The van der Waals surface area contributed by atoms with Crippen LogP contribution in [0.5, 0.6) is 0 Å². The van der Waals surface area contributed by atoms with Crippen LogP contribution in [0.4, 0.5) is 0 Å². The van der Waals surface area contributed by atoms with Gasteiger partial charge in [0, 0.05) is 17.0 Å². The molecule has 0 bridgehead atoms. The molecular formula is C16H21N. The summed E-state index contributed by atoms with van der Waals surface area (Å²) >= 11 is 0. The van der Waals surface area contributed by atoms with Crippen LogP contribution in [0.2, 0.25) is 0 Å². The van der Waals surface area contributed by atoms with E-state index in [1.807, 2.05) is 6.20 Å². The highest BCUT2D eigenvalue weighted by Crippen LogP contribution is 2.30. The molecule has 0 amide bonds. The van der Waals surface area contributed by atoms with Crippen LogP contribution in [0.25, 0.3) is 10.8 Å². The van der Waals surface area contributed by atoms with Gasteiger partial charge in [-0.25, -0.2) is 0 Å². The standard InChI is InChI=1S/C16H21N/c1-11(2)13-7-6-12-8-9-17-15(14(12)10-13)16(3,4)5/h6-11H,1-5H3. The minimum atomic E-state index is 0.0924. The van der Waals surface area contributed by atoms with Crippen LogP contribution in [0.1, 0.15) is 51.8 Å². The second kappa shape index (κ2) is 4.14. The lowest BCUT2D eigenvalue weighted by molar-refractivity contribution is 0.575. The average molecular weight is 227 g/mol. The summed E-state index contributed by atoms with van der Waals surface area (Å²) < 4.78 is 0. The summed E-state index contributed by atoms with van der Waals surface area (Å²) in [5, 5.41) is 2.58. The zero-order chi connectivity index (χ0) is 12.6. The lowest BCUT2D eigenvalue weighted by Gasteiger charge is -2.20. The summed E-state index contributed by atoms with van der Waals surface area (Å²) in [6, 6.07) is 8.82. The highest BCUT2D eigenvalue weighted by molar-refractivity contribution is 5.86. The second-order valence-electron chi connectivity index (χ2n) is 6.04. The monoisotopic (exact) mass is 227 g/mol. The van der Waals surface area contributed by atoms with E-state index in [0.717, 1.165) is 0 Å². The number of hydrogen-bond donors (Lipinski definition) is 0. The summed E-state index contributed by atoms with van der Waals surface area (Å²) in [4.78, 5) is 4.58. The van der Waals surface area contributed by atoms with E-state index in [1.54, 1.807) is 0 Å². The SMILES string of the molecule is CC(C)c1ccc2ccnc(C(C)(C)C)c2c1. The number of fused-ring (bicyclic) bond motifs is 1. The lowest BCUT2D eigenvalue weighted by Crippen LogP contribution is -2.14. The van der Waals surface area contributed by atoms with E-state index < -0.39 is 0 Å². The first-order valence-electron chi connectivity index (χ1n) is 6.29. The van der Waals surface area contributed by atoms with Gasteiger partial charge in [0.2, 0.25) is 0 Å². The number of hydrogen-bond acceptors (Lipinski definition) is 1. The van der Waals surface area contributed by atoms with Gasteiger partial charge in [0.25, 0.3) is 0 Å². The number of pyridine rings is 1. The fraction of sp³-hybridized carbons (Fsp3) is 0.438. The maximum atomic E-state index is 4.58. The lowest BCUT2D eigenvalue weighted by atomic mass is 9.87. The molecule has 90 valence electrons. The van der Waals surface area contributed by atoms with E-state index in [2.05, 4.69) is 63.9 Å². The largest absolute Gasteiger partial charge is 0.260 e. The van der Waals surface area contributed by atoms with Crippen molar-refractivity contribution in [2.24, 2.45) is 0 Å². The summed E-state index contributed by atoms with van der Waals surface area (Å²) in [6.07, 6.45) is 1.91. The highest BCUT2D eigenvalue weighted by Gasteiger charge is 2.18. The van der Waals surface area contributed by atoms with Crippen molar-refractivity contribution >= 4 is 10.8 Å². The predicted molar refractivity (Wildman–Crippen MR) is 74.5 cm³/mol. The third-order valence-corrected chi connectivity index (χ3v) is 3.17. The van der Waals surface area contributed by atoms with Crippen molar-refractivity contribution in [3.05, 3.63) is 41.7 Å². The van der Waals surface area contributed by atoms with Crippen molar-refractivity contribution in [3.63, 3.8) is 0 Å². The first-order valence-corrected chi connectivity index (χ1v) is 6.29. The van der Waals surface area contributed by atoms with Gasteiger partial charge < -0.3 is 0 Å². The molecular weight excluding hydrogens is 206 g/mol. The molecule has 0 N–H and O–H groups in total. The van der Waals surface area contributed by atoms with Gasteiger partial charge in [-0.3, -0.25) is 4.98 Å². The Balaban J connectivity index is 2.73. The molecule has 1 heteroatoms. The maximum Gasteiger partial charge on any atom is 0.0535 e. The van der Waals surface area contributed by atoms with Gasteiger partial charge in [0.1, 0.15) is 0 Å². The Morgan fingerprint density at radius 3 is 2.35 bits per heavy atom. The molecule has 0 fully saturated rings. The molecule has 1 aromatic heterocycles. The Labute approximate surface area is 104 Å². The molecule has 17 heavy (non-hydrogen) atoms. The van der Waals surface area contributed by atoms with Crippen LogP contribution >= 0.6 is 0 Å². The molecule has 1 nitrogen and oxygen atoms in total. The molecule has 0 spiro atoms. The van der Waals surface area contributed by atoms with Crippen LogP contribution in [0.3, 0.4) is 0 Å². The second-order valence-corrected chi connectivity index (χ2v) is 6.04. The Kier molecular flexibility index (Phi) is 2.94. The van der Waals surface area contributed by atoms with Gasteiger partial charge in [-0.15, -0.1) is 0 Å². The molecule has 2 rings (SSSR count). The molecule has 2 aromatic rings. The first kappa shape index (κ1) is 12.1. The summed E-state index contributed by atoms with van der Waals surface area (Å²) in [6.45, 7) is 11.1. The Morgan fingerprint density at radius 1 is 1.06 bits per heavy atom. The zero-order valence-electron chi connectivity index (χ0n) is 11.4. The normalized spacial score (nSPS) is 12.4. The minimum absolute atomic E-state index is 0.0924. The Morgan fingerprint density at radius 2 is 1.76 bits per heavy atom. The van der Waals surface area contributed by atoms with E-state index in [-0.39, 0.29) is 5.41 Å². The molecule has 0 unspecified atom stereocenters. The van der Waals surface area contributed by atoms with Gasteiger partial charge in [-0.05, 0) is 29.0 Å². The molecule has 0 saturated heterocycles. The van der Waals surface area contributed by atoms with Crippen molar-refractivity contribution in [2.45, 2.75) is 46.0 Å². The van der Waals surface area contributed by atoms with Gasteiger partial charge in [0.15, 0.2) is 0 Å². The Hall–Kier alpha value is -1.37. The smallest absolute Gasteiger partial charge is 0.0535 e. The zero-order valence-corrected chi connectivity index (χ0v) is 11.4. The number of nitrogens with zero attached hydrogens (tertiary/aromatic N) is 1. The van der Waals surface area contributed by atoms with Crippen molar-refractivity contribution < 1.29 is 0 Å². The average Bonchev–Trinajstić information content (AvgIpc) is 2.26. The minimum Gasteiger partial charge on any atom is -0.260 e. The van der Waals surface area contributed by atoms with Crippen molar-refractivity contribution in [1.29, 1.82) is 0 Å². The summed E-state index contributed by atoms with van der Waals surface area (Å²) in [5.41, 5.74) is 2.67.